The topological polar surface area (TPSA) is 53.4 Å². The second kappa shape index (κ2) is 4.55. The average molecular weight is 248 g/mol. The predicted octanol–water partition coefficient (Wildman–Crippen LogP) is 2.57. The number of rotatable bonds is 3. The molecule has 4 nitrogen and oxygen atoms in total. The van der Waals surface area contributed by atoms with Crippen molar-refractivity contribution in [3.63, 3.8) is 0 Å². The maximum absolute atomic E-state index is 10.7. The number of aromatic carboxylic acids is 1. The van der Waals surface area contributed by atoms with Gasteiger partial charge in [0.1, 0.15) is 0 Å². The minimum atomic E-state index is -0.980. The quantitative estimate of drug-likeness (QED) is 0.907. The molecule has 2 rings (SSSR count). The second-order valence-corrected chi connectivity index (χ2v) is 4.64. The summed E-state index contributed by atoms with van der Waals surface area (Å²) in [4.78, 5) is 16.8. The van der Waals surface area contributed by atoms with E-state index in [1.54, 1.807) is 5.38 Å². The third kappa shape index (κ3) is 2.45. The van der Waals surface area contributed by atoms with E-state index in [4.69, 9.17) is 5.11 Å². The molecule has 0 radical (unpaired) electrons. The molecule has 1 N–H and O–H groups in total. The van der Waals surface area contributed by atoms with Crippen molar-refractivity contribution in [2.45, 2.75) is 0 Å². The molecule has 0 aliphatic rings. The number of carboxylic acids is 1. The third-order valence-corrected chi connectivity index (χ3v) is 3.20. The van der Waals surface area contributed by atoms with Crippen LogP contribution >= 0.6 is 11.3 Å². The molecule has 5 heteroatoms. The molecule has 0 saturated carbocycles. The summed E-state index contributed by atoms with van der Waals surface area (Å²) in [7, 11) is 3.95. The Hall–Kier alpha value is -1.88. The van der Waals surface area contributed by atoms with Gasteiger partial charge in [0.05, 0.1) is 5.69 Å². The lowest BCUT2D eigenvalue weighted by atomic mass is 10.1. The fourth-order valence-electron chi connectivity index (χ4n) is 1.43. The maximum atomic E-state index is 10.7. The molecule has 1 aromatic carbocycles. The van der Waals surface area contributed by atoms with E-state index in [9.17, 15) is 4.79 Å². The van der Waals surface area contributed by atoms with Crippen molar-refractivity contribution in [2.24, 2.45) is 0 Å². The molecular formula is C12H12N2O2S. The monoisotopic (exact) mass is 248 g/mol. The number of carboxylic acid groups (broad SMARTS) is 1. The van der Waals surface area contributed by atoms with Crippen molar-refractivity contribution in [1.29, 1.82) is 0 Å². The molecule has 88 valence electrons. The van der Waals surface area contributed by atoms with Crippen molar-refractivity contribution in [2.75, 3.05) is 19.0 Å². The van der Waals surface area contributed by atoms with E-state index >= 15 is 0 Å². The first kappa shape index (κ1) is 11.6. The molecule has 0 spiro atoms. The molecule has 17 heavy (non-hydrogen) atoms. The number of benzene rings is 1. The molecule has 0 fully saturated rings. The van der Waals surface area contributed by atoms with Gasteiger partial charge < -0.3 is 10.0 Å². The summed E-state index contributed by atoms with van der Waals surface area (Å²) in [6.45, 7) is 0. The Morgan fingerprint density at radius 3 is 2.41 bits per heavy atom. The first-order valence-electron chi connectivity index (χ1n) is 5.04. The largest absolute Gasteiger partial charge is 0.476 e. The van der Waals surface area contributed by atoms with Crippen LogP contribution in [0.15, 0.2) is 29.6 Å². The lowest BCUT2D eigenvalue weighted by Gasteiger charge is -2.12. The first-order valence-corrected chi connectivity index (χ1v) is 5.92. The summed E-state index contributed by atoms with van der Waals surface area (Å²) in [6.07, 6.45) is 0. The number of nitrogens with zero attached hydrogens (tertiary/aromatic N) is 2. The van der Waals surface area contributed by atoms with Gasteiger partial charge in [0, 0.05) is 30.7 Å². The smallest absolute Gasteiger partial charge is 0.365 e. The van der Waals surface area contributed by atoms with Crippen LogP contribution in [0.5, 0.6) is 0 Å². The SMILES string of the molecule is CN(C)c1ccc(-c2csc(C(=O)O)n2)cc1. The van der Waals surface area contributed by atoms with E-state index in [1.807, 2.05) is 43.3 Å². The van der Waals surface area contributed by atoms with Gasteiger partial charge in [0.25, 0.3) is 0 Å². The van der Waals surface area contributed by atoms with Crippen molar-refractivity contribution in [3.8, 4) is 11.3 Å². The van der Waals surface area contributed by atoms with Crippen LogP contribution in [-0.4, -0.2) is 30.2 Å². The Morgan fingerprint density at radius 1 is 1.29 bits per heavy atom. The van der Waals surface area contributed by atoms with Crippen LogP contribution in [0.2, 0.25) is 0 Å². The van der Waals surface area contributed by atoms with E-state index in [1.165, 1.54) is 0 Å². The van der Waals surface area contributed by atoms with Gasteiger partial charge in [0.2, 0.25) is 5.01 Å². The van der Waals surface area contributed by atoms with Crippen LogP contribution in [0, 0.1) is 0 Å². The molecule has 0 amide bonds. The Morgan fingerprint density at radius 2 is 1.94 bits per heavy atom. The molecule has 0 unspecified atom stereocenters. The van der Waals surface area contributed by atoms with Gasteiger partial charge in [0.15, 0.2) is 0 Å². The molecule has 1 heterocycles. The van der Waals surface area contributed by atoms with Gasteiger partial charge in [-0.05, 0) is 12.1 Å². The molecule has 0 saturated heterocycles. The van der Waals surface area contributed by atoms with E-state index in [2.05, 4.69) is 4.98 Å². The summed E-state index contributed by atoms with van der Waals surface area (Å²) >= 11 is 1.14. The normalized spacial score (nSPS) is 10.2. The van der Waals surface area contributed by atoms with Crippen LogP contribution < -0.4 is 4.90 Å². The van der Waals surface area contributed by atoms with Crippen LogP contribution in [0.4, 0.5) is 5.69 Å². The van der Waals surface area contributed by atoms with Gasteiger partial charge in [-0.15, -0.1) is 11.3 Å². The third-order valence-electron chi connectivity index (χ3n) is 2.37. The molecule has 0 bridgehead atoms. The lowest BCUT2D eigenvalue weighted by molar-refractivity contribution is 0.0696. The zero-order chi connectivity index (χ0) is 12.4. The predicted molar refractivity (Wildman–Crippen MR) is 68.8 cm³/mol. The number of hydrogen-bond acceptors (Lipinski definition) is 4. The van der Waals surface area contributed by atoms with Crippen LogP contribution in [0.1, 0.15) is 9.80 Å². The summed E-state index contributed by atoms with van der Waals surface area (Å²) in [5.41, 5.74) is 2.74. The second-order valence-electron chi connectivity index (χ2n) is 3.78. The minimum absolute atomic E-state index is 0.122. The highest BCUT2D eigenvalue weighted by molar-refractivity contribution is 7.11. The van der Waals surface area contributed by atoms with Crippen molar-refractivity contribution >= 4 is 23.0 Å². The summed E-state index contributed by atoms with van der Waals surface area (Å²) < 4.78 is 0. The molecule has 2 aromatic rings. The van der Waals surface area contributed by atoms with Crippen LogP contribution in [0.3, 0.4) is 0 Å². The zero-order valence-electron chi connectivity index (χ0n) is 9.54. The van der Waals surface area contributed by atoms with Gasteiger partial charge in [-0.3, -0.25) is 0 Å². The van der Waals surface area contributed by atoms with Crippen molar-refractivity contribution in [3.05, 3.63) is 34.7 Å². The van der Waals surface area contributed by atoms with Crippen LogP contribution in [-0.2, 0) is 0 Å². The Labute approximate surface area is 103 Å². The molecule has 1 aromatic heterocycles. The van der Waals surface area contributed by atoms with Gasteiger partial charge in [-0.2, -0.15) is 0 Å². The standard InChI is InChI=1S/C12H12N2O2S/c1-14(2)9-5-3-8(4-6-9)10-7-17-11(13-10)12(15)16/h3-7H,1-2H3,(H,15,16). The summed E-state index contributed by atoms with van der Waals surface area (Å²) in [5.74, 6) is -0.980. The Balaban J connectivity index is 2.30. The number of hydrogen-bond donors (Lipinski definition) is 1. The van der Waals surface area contributed by atoms with E-state index in [0.717, 1.165) is 22.6 Å². The van der Waals surface area contributed by atoms with Crippen molar-refractivity contribution in [1.82, 2.24) is 4.98 Å². The highest BCUT2D eigenvalue weighted by Gasteiger charge is 2.10. The minimum Gasteiger partial charge on any atom is -0.476 e. The molecular weight excluding hydrogens is 236 g/mol. The van der Waals surface area contributed by atoms with Gasteiger partial charge in [-0.1, -0.05) is 12.1 Å². The average Bonchev–Trinajstić information content (AvgIpc) is 2.78. The van der Waals surface area contributed by atoms with E-state index in [-0.39, 0.29) is 5.01 Å². The molecule has 0 aliphatic heterocycles. The van der Waals surface area contributed by atoms with Crippen molar-refractivity contribution < 1.29 is 9.90 Å². The number of thiazole rings is 1. The van der Waals surface area contributed by atoms with Gasteiger partial charge >= 0.3 is 5.97 Å². The Kier molecular flexibility index (Phi) is 3.10. The Bertz CT molecular complexity index is 532. The zero-order valence-corrected chi connectivity index (χ0v) is 10.4. The van der Waals surface area contributed by atoms with Gasteiger partial charge in [-0.25, -0.2) is 9.78 Å². The van der Waals surface area contributed by atoms with E-state index < -0.39 is 5.97 Å². The van der Waals surface area contributed by atoms with Crippen LogP contribution in [0.25, 0.3) is 11.3 Å². The summed E-state index contributed by atoms with van der Waals surface area (Å²) in [5, 5.41) is 10.7. The fourth-order valence-corrected chi connectivity index (χ4v) is 2.10. The molecule has 0 atom stereocenters. The lowest BCUT2D eigenvalue weighted by Crippen LogP contribution is -2.07. The fraction of sp³-hybridized carbons (Fsp3) is 0.167. The molecule has 0 aliphatic carbocycles. The van der Waals surface area contributed by atoms with E-state index in [0.29, 0.717) is 5.69 Å². The first-order chi connectivity index (χ1) is 8.08. The number of aromatic nitrogens is 1. The highest BCUT2D eigenvalue weighted by atomic mass is 32.1. The summed E-state index contributed by atoms with van der Waals surface area (Å²) in [6, 6.07) is 7.84. The maximum Gasteiger partial charge on any atom is 0.365 e. The highest BCUT2D eigenvalue weighted by Crippen LogP contribution is 2.24. The number of carbonyl (C=O) groups is 1. The number of anilines is 1.